The Morgan fingerprint density at radius 2 is 2.07 bits per heavy atom. The van der Waals surface area contributed by atoms with Crippen LogP contribution < -0.4 is 5.32 Å². The third-order valence-electron chi connectivity index (χ3n) is 4.13. The van der Waals surface area contributed by atoms with Crippen LogP contribution in [0.15, 0.2) is 54.6 Å². The Balaban J connectivity index is 1.58. The third kappa shape index (κ3) is 4.07. The van der Waals surface area contributed by atoms with Crippen molar-refractivity contribution in [1.82, 2.24) is 14.8 Å². The van der Waals surface area contributed by atoms with E-state index in [1.165, 1.54) is 35.6 Å². The van der Waals surface area contributed by atoms with Crippen molar-refractivity contribution in [1.29, 1.82) is 0 Å². The first-order valence-corrected chi connectivity index (χ1v) is 9.96. The van der Waals surface area contributed by atoms with Crippen molar-refractivity contribution in [3.63, 3.8) is 0 Å². The normalized spacial score (nSPS) is 11.3. The average molecular weight is 440 g/mol. The summed E-state index contributed by atoms with van der Waals surface area (Å²) in [5.41, 5.74) is 1.89. The first kappa shape index (κ1) is 19.7. The van der Waals surface area contributed by atoms with Gasteiger partial charge in [0.25, 0.3) is 5.69 Å². The Morgan fingerprint density at radius 1 is 1.27 bits per heavy atom. The Morgan fingerprint density at radius 3 is 2.83 bits per heavy atom. The average Bonchev–Trinajstić information content (AvgIpc) is 3.30. The maximum atomic E-state index is 12.4. The second-order valence-corrected chi connectivity index (χ2v) is 7.76. The number of nitrogens with zero attached hydrogens (tertiary/aromatic N) is 4. The molecule has 2 aromatic carbocycles. The summed E-state index contributed by atoms with van der Waals surface area (Å²) < 4.78 is 2.46. The summed E-state index contributed by atoms with van der Waals surface area (Å²) in [5.74, 6) is 0.0539. The quantitative estimate of drug-likeness (QED) is 0.267. The molecule has 30 heavy (non-hydrogen) atoms. The Kier molecular flexibility index (Phi) is 5.30. The first-order chi connectivity index (χ1) is 14.4. The molecule has 0 aliphatic rings. The van der Waals surface area contributed by atoms with Crippen LogP contribution in [-0.4, -0.2) is 25.6 Å². The lowest BCUT2D eigenvalue weighted by atomic mass is 10.2. The van der Waals surface area contributed by atoms with Crippen molar-refractivity contribution in [2.75, 3.05) is 5.32 Å². The van der Waals surface area contributed by atoms with Crippen LogP contribution in [0.25, 0.3) is 21.4 Å². The van der Waals surface area contributed by atoms with Crippen LogP contribution in [0.1, 0.15) is 11.3 Å². The standard InChI is InChI=1S/C20H14ClN5O3S/c1-12-10-17(22-18(27)9-8-13-4-2-5-14(11-13)26(28)29)25(24-12)20-23-19-15(21)6-3-7-16(19)30-20/h2-11H,1H3,(H,22,27)/b9-8+. The highest BCUT2D eigenvalue weighted by Crippen LogP contribution is 2.31. The summed E-state index contributed by atoms with van der Waals surface area (Å²) in [4.78, 5) is 27.3. The number of aromatic nitrogens is 3. The highest BCUT2D eigenvalue weighted by atomic mass is 35.5. The van der Waals surface area contributed by atoms with Gasteiger partial charge in [-0.3, -0.25) is 14.9 Å². The predicted octanol–water partition coefficient (Wildman–Crippen LogP) is 5.00. The van der Waals surface area contributed by atoms with Crippen LogP contribution in [0.4, 0.5) is 11.5 Å². The van der Waals surface area contributed by atoms with Crippen molar-refractivity contribution < 1.29 is 9.72 Å². The molecule has 0 radical (unpaired) electrons. The van der Waals surface area contributed by atoms with E-state index in [1.54, 1.807) is 28.9 Å². The number of anilines is 1. The van der Waals surface area contributed by atoms with Gasteiger partial charge in [0.2, 0.25) is 11.0 Å². The topological polar surface area (TPSA) is 103 Å². The van der Waals surface area contributed by atoms with Crippen LogP contribution in [-0.2, 0) is 4.79 Å². The van der Waals surface area contributed by atoms with Crippen LogP contribution >= 0.6 is 22.9 Å². The molecule has 0 aliphatic carbocycles. The lowest BCUT2D eigenvalue weighted by Gasteiger charge is -2.04. The number of aryl methyl sites for hydroxylation is 1. The molecule has 0 atom stereocenters. The molecule has 0 saturated carbocycles. The molecule has 8 nitrogen and oxygen atoms in total. The van der Waals surface area contributed by atoms with E-state index in [4.69, 9.17) is 11.6 Å². The number of rotatable bonds is 5. The number of para-hydroxylation sites is 1. The summed E-state index contributed by atoms with van der Waals surface area (Å²) in [6.45, 7) is 1.81. The van der Waals surface area contributed by atoms with Crippen LogP contribution in [0.5, 0.6) is 0 Å². The van der Waals surface area contributed by atoms with E-state index in [9.17, 15) is 14.9 Å². The zero-order valence-corrected chi connectivity index (χ0v) is 17.1. The van der Waals surface area contributed by atoms with Crippen LogP contribution in [0.3, 0.4) is 0 Å². The van der Waals surface area contributed by atoms with Gasteiger partial charge in [0, 0.05) is 24.3 Å². The fourth-order valence-corrected chi connectivity index (χ4v) is 4.04. The molecule has 4 aromatic rings. The van der Waals surface area contributed by atoms with Gasteiger partial charge in [-0.1, -0.05) is 41.1 Å². The fourth-order valence-electron chi connectivity index (χ4n) is 2.81. The number of halogens is 1. The summed E-state index contributed by atoms with van der Waals surface area (Å²) in [7, 11) is 0. The van der Waals surface area contributed by atoms with Crippen molar-refractivity contribution in [3.05, 3.63) is 81.0 Å². The number of non-ortho nitro benzene ring substituents is 1. The van der Waals surface area contributed by atoms with Gasteiger partial charge in [-0.05, 0) is 30.7 Å². The molecule has 0 unspecified atom stereocenters. The molecule has 1 amide bonds. The first-order valence-electron chi connectivity index (χ1n) is 8.76. The zero-order chi connectivity index (χ0) is 21.3. The Bertz CT molecular complexity index is 1310. The maximum absolute atomic E-state index is 12.4. The Hall–Kier alpha value is -3.56. The summed E-state index contributed by atoms with van der Waals surface area (Å²) in [6.07, 6.45) is 2.81. The molecule has 150 valence electrons. The SMILES string of the molecule is Cc1cc(NC(=O)/C=C/c2cccc([N+](=O)[O-])c2)n(-c2nc3c(Cl)cccc3s2)n1. The van der Waals surface area contributed by atoms with Crippen molar-refractivity contribution in [2.24, 2.45) is 0 Å². The smallest absolute Gasteiger partial charge is 0.270 e. The van der Waals surface area contributed by atoms with Crippen LogP contribution in [0, 0.1) is 17.0 Å². The number of carbonyl (C=O) groups excluding carboxylic acids is 1. The van der Waals surface area contributed by atoms with Gasteiger partial charge < -0.3 is 5.32 Å². The van der Waals surface area contributed by atoms with E-state index >= 15 is 0 Å². The molecule has 10 heteroatoms. The number of amides is 1. The minimum absolute atomic E-state index is 0.0410. The van der Waals surface area contributed by atoms with Crippen molar-refractivity contribution in [3.8, 4) is 5.13 Å². The summed E-state index contributed by atoms with van der Waals surface area (Å²) >= 11 is 7.62. The molecule has 4 rings (SSSR count). The molecule has 2 heterocycles. The summed E-state index contributed by atoms with van der Waals surface area (Å²) in [6, 6.07) is 13.3. The van der Waals surface area contributed by atoms with Gasteiger partial charge in [0.15, 0.2) is 0 Å². The molecular formula is C20H14ClN5O3S. The third-order valence-corrected chi connectivity index (χ3v) is 5.43. The van der Waals surface area contributed by atoms with E-state index in [-0.39, 0.29) is 5.69 Å². The highest BCUT2D eigenvalue weighted by Gasteiger charge is 2.15. The van der Waals surface area contributed by atoms with Crippen molar-refractivity contribution in [2.45, 2.75) is 6.92 Å². The van der Waals surface area contributed by atoms with Gasteiger partial charge in [-0.15, -0.1) is 0 Å². The molecule has 0 bridgehead atoms. The number of hydrogen-bond acceptors (Lipinski definition) is 6. The molecular weight excluding hydrogens is 426 g/mol. The fraction of sp³-hybridized carbons (Fsp3) is 0.0500. The van der Waals surface area contributed by atoms with Gasteiger partial charge in [-0.2, -0.15) is 9.78 Å². The lowest BCUT2D eigenvalue weighted by Crippen LogP contribution is -2.12. The largest absolute Gasteiger partial charge is 0.307 e. The molecule has 0 fully saturated rings. The Labute approximate surface area is 179 Å². The molecule has 0 aliphatic heterocycles. The predicted molar refractivity (Wildman–Crippen MR) is 117 cm³/mol. The molecule has 2 aromatic heterocycles. The minimum atomic E-state index is -0.483. The minimum Gasteiger partial charge on any atom is -0.307 e. The second-order valence-electron chi connectivity index (χ2n) is 6.34. The zero-order valence-electron chi connectivity index (χ0n) is 15.6. The molecule has 0 spiro atoms. The van der Waals surface area contributed by atoms with E-state index in [2.05, 4.69) is 15.4 Å². The number of nitro benzene ring substituents is 1. The van der Waals surface area contributed by atoms with Gasteiger partial charge >= 0.3 is 0 Å². The highest BCUT2D eigenvalue weighted by molar-refractivity contribution is 7.20. The number of nitro groups is 1. The van der Waals surface area contributed by atoms with Gasteiger partial charge in [0.1, 0.15) is 11.3 Å². The lowest BCUT2D eigenvalue weighted by molar-refractivity contribution is -0.384. The second kappa shape index (κ2) is 8.05. The van der Waals surface area contributed by atoms with Crippen molar-refractivity contribution >= 4 is 56.6 Å². The number of thiazole rings is 1. The van der Waals surface area contributed by atoms with E-state index in [0.717, 1.165) is 4.70 Å². The molecule has 0 saturated heterocycles. The van der Waals surface area contributed by atoms with E-state index in [1.807, 2.05) is 19.1 Å². The van der Waals surface area contributed by atoms with E-state index in [0.29, 0.717) is 32.7 Å². The monoisotopic (exact) mass is 439 g/mol. The number of fused-ring (bicyclic) bond motifs is 1. The number of nitrogens with one attached hydrogen (secondary N) is 1. The van der Waals surface area contributed by atoms with Crippen LogP contribution in [0.2, 0.25) is 5.02 Å². The van der Waals surface area contributed by atoms with E-state index < -0.39 is 10.8 Å². The van der Waals surface area contributed by atoms with Gasteiger partial charge in [-0.25, -0.2) is 4.98 Å². The maximum Gasteiger partial charge on any atom is 0.270 e. The number of carbonyl (C=O) groups is 1. The number of hydrogen-bond donors (Lipinski definition) is 1. The summed E-state index contributed by atoms with van der Waals surface area (Å²) in [5, 5.41) is 19.2. The van der Waals surface area contributed by atoms with Gasteiger partial charge in [0.05, 0.1) is 20.3 Å². The molecule has 1 N–H and O–H groups in total. The number of benzene rings is 2.